The molecule has 4 nitrogen and oxygen atoms in total. The Morgan fingerprint density at radius 2 is 1.04 bits per heavy atom. The maximum atomic E-state index is 11.5. The van der Waals surface area contributed by atoms with Gasteiger partial charge in [0, 0.05) is 11.1 Å². The zero-order valence-corrected chi connectivity index (χ0v) is 14.4. The normalized spacial score (nSPS) is 10.0. The van der Waals surface area contributed by atoms with Gasteiger partial charge in [0.25, 0.3) is 0 Å². The first kappa shape index (κ1) is 18.2. The zero-order valence-electron chi connectivity index (χ0n) is 14.4. The van der Waals surface area contributed by atoms with Gasteiger partial charge in [0.15, 0.2) is 0 Å². The summed E-state index contributed by atoms with van der Waals surface area (Å²) in [5.41, 5.74) is 2.86. The van der Waals surface area contributed by atoms with Crippen molar-refractivity contribution in [3.8, 4) is 11.5 Å². The van der Waals surface area contributed by atoms with E-state index in [2.05, 4.69) is 13.2 Å². The van der Waals surface area contributed by atoms with E-state index >= 15 is 0 Å². The molecular formula is C21H20O4. The van der Waals surface area contributed by atoms with Gasteiger partial charge in [-0.15, -0.1) is 0 Å². The van der Waals surface area contributed by atoms with Crippen LogP contribution in [-0.4, -0.2) is 11.9 Å². The Morgan fingerprint density at radius 1 is 0.720 bits per heavy atom. The van der Waals surface area contributed by atoms with Gasteiger partial charge in [-0.25, -0.2) is 9.59 Å². The van der Waals surface area contributed by atoms with Crippen LogP contribution in [0.4, 0.5) is 0 Å². The first-order valence-corrected chi connectivity index (χ1v) is 7.78. The Kier molecular flexibility index (Phi) is 5.90. The average Bonchev–Trinajstić information content (AvgIpc) is 2.58. The Bertz CT molecular complexity index is 729. The lowest BCUT2D eigenvalue weighted by molar-refractivity contribution is -0.130. The molecule has 0 spiro atoms. The molecule has 0 bridgehead atoms. The lowest BCUT2D eigenvalue weighted by Gasteiger charge is -2.07. The summed E-state index contributed by atoms with van der Waals surface area (Å²) in [6.45, 7) is 10.3. The number of carbonyl (C=O) groups excluding carboxylic acids is 2. The fourth-order valence-corrected chi connectivity index (χ4v) is 1.97. The Balaban J connectivity index is 1.98. The molecule has 0 fully saturated rings. The third-order valence-corrected chi connectivity index (χ3v) is 3.37. The van der Waals surface area contributed by atoms with Crippen molar-refractivity contribution in [1.29, 1.82) is 0 Å². The Labute approximate surface area is 147 Å². The van der Waals surface area contributed by atoms with Crippen LogP contribution in [0.25, 0.3) is 0 Å². The maximum absolute atomic E-state index is 11.5. The summed E-state index contributed by atoms with van der Waals surface area (Å²) in [4.78, 5) is 23.0. The standard InChI is InChI=1S/C21H20O4/c1-14(2)20(22)24-18-9-5-16(6-10-18)13-17-7-11-19(12-8-17)25-21(23)15(3)4/h5-12H,1,3,13H2,2,4H3. The molecule has 2 aromatic carbocycles. The number of esters is 2. The monoisotopic (exact) mass is 336 g/mol. The molecule has 0 aliphatic rings. The third kappa shape index (κ3) is 5.46. The predicted molar refractivity (Wildman–Crippen MR) is 96.6 cm³/mol. The molecular weight excluding hydrogens is 316 g/mol. The van der Waals surface area contributed by atoms with Crippen LogP contribution in [-0.2, 0) is 16.0 Å². The number of benzene rings is 2. The van der Waals surface area contributed by atoms with Crippen LogP contribution < -0.4 is 9.47 Å². The fraction of sp³-hybridized carbons (Fsp3) is 0.143. The van der Waals surface area contributed by atoms with Crippen molar-refractivity contribution in [3.63, 3.8) is 0 Å². The second-order valence-electron chi connectivity index (χ2n) is 5.80. The highest BCUT2D eigenvalue weighted by molar-refractivity contribution is 5.89. The highest BCUT2D eigenvalue weighted by atomic mass is 16.5. The maximum Gasteiger partial charge on any atom is 0.338 e. The summed E-state index contributed by atoms with van der Waals surface area (Å²) in [6, 6.07) is 14.6. The summed E-state index contributed by atoms with van der Waals surface area (Å²) in [5, 5.41) is 0. The second-order valence-corrected chi connectivity index (χ2v) is 5.80. The van der Waals surface area contributed by atoms with Gasteiger partial charge in [-0.3, -0.25) is 0 Å². The van der Waals surface area contributed by atoms with Gasteiger partial charge in [-0.2, -0.15) is 0 Å². The molecule has 0 aromatic heterocycles. The quantitative estimate of drug-likeness (QED) is 0.450. The smallest absolute Gasteiger partial charge is 0.338 e. The van der Waals surface area contributed by atoms with E-state index < -0.39 is 11.9 Å². The van der Waals surface area contributed by atoms with Crippen molar-refractivity contribution in [1.82, 2.24) is 0 Å². The van der Waals surface area contributed by atoms with E-state index in [9.17, 15) is 9.59 Å². The molecule has 0 unspecified atom stereocenters. The van der Waals surface area contributed by atoms with Crippen molar-refractivity contribution in [2.75, 3.05) is 0 Å². The summed E-state index contributed by atoms with van der Waals surface area (Å²) in [5.74, 6) is 0.0953. The summed E-state index contributed by atoms with van der Waals surface area (Å²) >= 11 is 0. The van der Waals surface area contributed by atoms with Gasteiger partial charge in [-0.1, -0.05) is 37.4 Å². The summed E-state index contributed by atoms with van der Waals surface area (Å²) < 4.78 is 10.3. The molecule has 2 aromatic rings. The number of ether oxygens (including phenoxy) is 2. The van der Waals surface area contributed by atoms with Crippen molar-refractivity contribution in [3.05, 3.63) is 84.0 Å². The van der Waals surface area contributed by atoms with Gasteiger partial charge in [0.05, 0.1) is 0 Å². The molecule has 25 heavy (non-hydrogen) atoms. The van der Waals surface area contributed by atoms with E-state index in [1.807, 2.05) is 24.3 Å². The zero-order chi connectivity index (χ0) is 18.4. The molecule has 0 heterocycles. The third-order valence-electron chi connectivity index (χ3n) is 3.37. The minimum Gasteiger partial charge on any atom is -0.423 e. The minimum atomic E-state index is -0.437. The topological polar surface area (TPSA) is 52.6 Å². The number of rotatable bonds is 6. The molecule has 0 aliphatic carbocycles. The van der Waals surface area contributed by atoms with Crippen LogP contribution in [0.3, 0.4) is 0 Å². The van der Waals surface area contributed by atoms with Crippen LogP contribution in [0.15, 0.2) is 72.8 Å². The number of carbonyl (C=O) groups is 2. The van der Waals surface area contributed by atoms with E-state index in [1.165, 1.54) is 0 Å². The molecule has 0 N–H and O–H groups in total. The van der Waals surface area contributed by atoms with E-state index in [-0.39, 0.29) is 0 Å². The Hall–Kier alpha value is -3.14. The highest BCUT2D eigenvalue weighted by Crippen LogP contribution is 2.19. The minimum absolute atomic E-state index is 0.358. The van der Waals surface area contributed by atoms with Crippen molar-refractivity contribution in [2.45, 2.75) is 20.3 Å². The molecule has 0 saturated heterocycles. The van der Waals surface area contributed by atoms with Crippen LogP contribution in [0, 0.1) is 0 Å². The molecule has 0 saturated carbocycles. The van der Waals surface area contributed by atoms with Crippen LogP contribution >= 0.6 is 0 Å². The van der Waals surface area contributed by atoms with Crippen molar-refractivity contribution in [2.24, 2.45) is 0 Å². The summed E-state index contributed by atoms with van der Waals surface area (Å²) in [7, 11) is 0. The Morgan fingerprint density at radius 3 is 1.32 bits per heavy atom. The van der Waals surface area contributed by atoms with E-state index in [4.69, 9.17) is 9.47 Å². The van der Waals surface area contributed by atoms with Crippen molar-refractivity contribution >= 4 is 11.9 Å². The highest BCUT2D eigenvalue weighted by Gasteiger charge is 2.07. The molecule has 0 atom stereocenters. The molecule has 2 rings (SSSR count). The van der Waals surface area contributed by atoms with Crippen LogP contribution in [0.2, 0.25) is 0 Å². The molecule has 4 heteroatoms. The SMILES string of the molecule is C=C(C)C(=O)Oc1ccc(Cc2ccc(OC(=O)C(=C)C)cc2)cc1. The number of hydrogen-bond donors (Lipinski definition) is 0. The van der Waals surface area contributed by atoms with Gasteiger partial charge in [0.1, 0.15) is 11.5 Å². The van der Waals surface area contributed by atoms with Gasteiger partial charge < -0.3 is 9.47 Å². The number of hydrogen-bond acceptors (Lipinski definition) is 4. The van der Waals surface area contributed by atoms with E-state index in [0.717, 1.165) is 11.1 Å². The van der Waals surface area contributed by atoms with E-state index in [0.29, 0.717) is 29.1 Å². The van der Waals surface area contributed by atoms with Gasteiger partial charge in [0.2, 0.25) is 0 Å². The molecule has 0 radical (unpaired) electrons. The van der Waals surface area contributed by atoms with Crippen LogP contribution in [0.5, 0.6) is 11.5 Å². The van der Waals surface area contributed by atoms with E-state index in [1.54, 1.807) is 38.1 Å². The predicted octanol–water partition coefficient (Wildman–Crippen LogP) is 4.24. The molecule has 128 valence electrons. The van der Waals surface area contributed by atoms with Gasteiger partial charge >= 0.3 is 11.9 Å². The first-order valence-electron chi connectivity index (χ1n) is 7.78. The molecule has 0 amide bonds. The summed E-state index contributed by atoms with van der Waals surface area (Å²) in [6.07, 6.45) is 0.712. The lowest BCUT2D eigenvalue weighted by atomic mass is 10.0. The average molecular weight is 336 g/mol. The largest absolute Gasteiger partial charge is 0.423 e. The van der Waals surface area contributed by atoms with Gasteiger partial charge in [-0.05, 0) is 55.7 Å². The molecule has 0 aliphatic heterocycles. The van der Waals surface area contributed by atoms with Crippen LogP contribution in [0.1, 0.15) is 25.0 Å². The van der Waals surface area contributed by atoms with Crippen molar-refractivity contribution < 1.29 is 19.1 Å². The second kappa shape index (κ2) is 8.11. The fourth-order valence-electron chi connectivity index (χ4n) is 1.97. The first-order chi connectivity index (χ1) is 11.8. The lowest BCUT2D eigenvalue weighted by Crippen LogP contribution is -2.08.